The lowest BCUT2D eigenvalue weighted by Crippen LogP contribution is -2.59. The minimum Gasteiger partial charge on any atom is -0.481 e. The molecular formula is C24H39N7O3. The molecule has 0 aromatic carbocycles. The number of hydrazine groups is 1. The molecule has 4 aliphatic rings. The molecule has 3 aliphatic heterocycles. The van der Waals surface area contributed by atoms with E-state index in [9.17, 15) is 9.90 Å². The highest BCUT2D eigenvalue weighted by atomic mass is 16.5. The first kappa shape index (κ1) is 23.6. The maximum atomic E-state index is 13.3. The maximum absolute atomic E-state index is 13.3. The van der Waals surface area contributed by atoms with Crippen LogP contribution in [-0.4, -0.2) is 77.0 Å². The van der Waals surface area contributed by atoms with Crippen molar-refractivity contribution >= 4 is 17.7 Å². The second kappa shape index (κ2) is 10.2. The Hall–Kier alpha value is -2.17. The van der Waals surface area contributed by atoms with Gasteiger partial charge in [0.2, 0.25) is 17.7 Å². The van der Waals surface area contributed by atoms with Gasteiger partial charge in [0.25, 0.3) is 0 Å². The summed E-state index contributed by atoms with van der Waals surface area (Å²) in [5, 5.41) is 12.7. The third-order valence-electron chi connectivity index (χ3n) is 8.20. The Morgan fingerprint density at radius 1 is 1.15 bits per heavy atom. The largest absolute Gasteiger partial charge is 0.481 e. The molecule has 2 bridgehead atoms. The van der Waals surface area contributed by atoms with Crippen molar-refractivity contribution in [2.75, 3.05) is 31.0 Å². The maximum Gasteiger partial charge on any atom is 0.230 e. The van der Waals surface area contributed by atoms with E-state index in [2.05, 4.69) is 38.0 Å². The lowest BCUT2D eigenvalue weighted by molar-refractivity contribution is -0.145. The van der Waals surface area contributed by atoms with Crippen LogP contribution < -0.4 is 25.8 Å². The summed E-state index contributed by atoms with van der Waals surface area (Å²) >= 11 is 0. The number of methoxy groups -OCH3 is 1. The number of nitrogens with one attached hydrogen (secondary N) is 3. The van der Waals surface area contributed by atoms with Gasteiger partial charge in [0.15, 0.2) is 0 Å². The number of hydrogen-bond donors (Lipinski definition) is 4. The molecule has 4 heterocycles. The van der Waals surface area contributed by atoms with E-state index in [4.69, 9.17) is 9.72 Å². The molecule has 3 unspecified atom stereocenters. The number of carbonyl (C=O) groups excluding carboxylic acids is 1. The van der Waals surface area contributed by atoms with Crippen LogP contribution in [0.2, 0.25) is 0 Å². The Labute approximate surface area is 201 Å². The molecule has 1 aliphatic carbocycles. The molecule has 1 aromatic rings. The van der Waals surface area contributed by atoms with Crippen molar-refractivity contribution in [2.45, 2.75) is 94.5 Å². The van der Waals surface area contributed by atoms with Crippen molar-refractivity contribution < 1.29 is 14.6 Å². The zero-order valence-electron chi connectivity index (χ0n) is 20.4. The third-order valence-corrected chi connectivity index (χ3v) is 8.20. The van der Waals surface area contributed by atoms with Crippen LogP contribution in [0.5, 0.6) is 5.88 Å². The number of fused-ring (bicyclic) bond motifs is 2. The van der Waals surface area contributed by atoms with Crippen LogP contribution in [0, 0.1) is 5.92 Å². The van der Waals surface area contributed by atoms with Gasteiger partial charge in [-0.25, -0.2) is 5.43 Å². The fourth-order valence-corrected chi connectivity index (χ4v) is 6.34. The number of amides is 1. The van der Waals surface area contributed by atoms with Gasteiger partial charge in [0.1, 0.15) is 5.82 Å². The number of anilines is 2. The summed E-state index contributed by atoms with van der Waals surface area (Å²) in [6, 6.07) is 2.73. The molecule has 10 heteroatoms. The molecule has 1 saturated carbocycles. The van der Waals surface area contributed by atoms with Crippen molar-refractivity contribution in [3.05, 3.63) is 6.07 Å². The van der Waals surface area contributed by atoms with Gasteiger partial charge in [0.05, 0.1) is 19.9 Å². The van der Waals surface area contributed by atoms with E-state index in [1.165, 1.54) is 19.3 Å². The fraction of sp³-hybridized carbons (Fsp3) is 0.792. The molecule has 1 amide bonds. The van der Waals surface area contributed by atoms with E-state index >= 15 is 0 Å². The Balaban J connectivity index is 1.29. The monoisotopic (exact) mass is 473 g/mol. The van der Waals surface area contributed by atoms with Gasteiger partial charge in [-0.1, -0.05) is 12.8 Å². The molecule has 10 nitrogen and oxygen atoms in total. The first-order chi connectivity index (χ1) is 16.6. The number of carbonyl (C=O) groups is 1. The van der Waals surface area contributed by atoms with Crippen molar-refractivity contribution in [2.24, 2.45) is 5.92 Å². The Morgan fingerprint density at radius 2 is 1.88 bits per heavy atom. The van der Waals surface area contributed by atoms with Gasteiger partial charge in [0, 0.05) is 49.6 Å². The average Bonchev–Trinajstić information content (AvgIpc) is 3.54. The first-order valence-corrected chi connectivity index (χ1v) is 12.9. The number of aliphatic hydroxyl groups is 1. The standard InChI is InChI=1S/C24H39N7O3/c1-30(24-26-20(13-22(27-24)34-2)25-21-10-16(14-32)28-29-21)19-11-17-8-5-9-18(12-19)31(17)23(33)15-6-3-4-7-15/h13,15-19,21,28-29,32H,3-12,14H2,1-2H3,(H,25,26,27)/t16?,17-,18+,19?,21?. The third kappa shape index (κ3) is 4.81. The smallest absolute Gasteiger partial charge is 0.230 e. The summed E-state index contributed by atoms with van der Waals surface area (Å²) in [7, 11) is 3.68. The molecule has 4 fully saturated rings. The summed E-state index contributed by atoms with van der Waals surface area (Å²) in [6.45, 7) is 0.0799. The number of aromatic nitrogens is 2. The van der Waals surface area contributed by atoms with Crippen molar-refractivity contribution in [3.8, 4) is 5.88 Å². The van der Waals surface area contributed by atoms with Gasteiger partial charge >= 0.3 is 0 Å². The predicted molar refractivity (Wildman–Crippen MR) is 129 cm³/mol. The van der Waals surface area contributed by atoms with Crippen LogP contribution in [0.25, 0.3) is 0 Å². The van der Waals surface area contributed by atoms with Gasteiger partial charge in [-0.3, -0.25) is 10.2 Å². The Morgan fingerprint density at radius 3 is 2.53 bits per heavy atom. The van der Waals surface area contributed by atoms with Gasteiger partial charge < -0.3 is 25.0 Å². The van der Waals surface area contributed by atoms with E-state index in [0.29, 0.717) is 35.6 Å². The summed E-state index contributed by atoms with van der Waals surface area (Å²) in [5.41, 5.74) is 6.22. The first-order valence-electron chi connectivity index (χ1n) is 12.9. The number of nitrogens with zero attached hydrogens (tertiary/aromatic N) is 4. The highest BCUT2D eigenvalue weighted by Gasteiger charge is 2.44. The predicted octanol–water partition coefficient (Wildman–Crippen LogP) is 1.62. The number of ether oxygens (including phenoxy) is 1. The molecule has 5 atom stereocenters. The van der Waals surface area contributed by atoms with Crippen molar-refractivity contribution in [3.63, 3.8) is 0 Å². The highest BCUT2D eigenvalue weighted by molar-refractivity contribution is 5.80. The summed E-state index contributed by atoms with van der Waals surface area (Å²) in [6.07, 6.45) is 10.5. The van der Waals surface area contributed by atoms with Crippen LogP contribution in [0.15, 0.2) is 6.07 Å². The molecular weight excluding hydrogens is 434 g/mol. The Kier molecular flexibility index (Phi) is 7.08. The molecule has 188 valence electrons. The molecule has 3 saturated heterocycles. The van der Waals surface area contributed by atoms with E-state index in [1.807, 2.05) is 0 Å². The SMILES string of the molecule is COc1cc(NC2CC(CO)NN2)nc(N(C)C2C[C@H]3CCC[C@@H](C2)N3C(=O)C2CCCC2)n1. The summed E-state index contributed by atoms with van der Waals surface area (Å²) < 4.78 is 5.47. The molecule has 0 spiro atoms. The number of hydrogen-bond acceptors (Lipinski definition) is 9. The minimum atomic E-state index is -0.0425. The normalized spacial score (nSPS) is 31.5. The van der Waals surface area contributed by atoms with E-state index < -0.39 is 0 Å². The van der Waals surface area contributed by atoms with Crippen molar-refractivity contribution in [1.29, 1.82) is 0 Å². The zero-order chi connectivity index (χ0) is 23.7. The summed E-state index contributed by atoms with van der Waals surface area (Å²) in [4.78, 5) is 27.2. The summed E-state index contributed by atoms with van der Waals surface area (Å²) in [5.74, 6) is 2.48. The van der Waals surface area contributed by atoms with Crippen LogP contribution in [0.4, 0.5) is 11.8 Å². The van der Waals surface area contributed by atoms with E-state index in [0.717, 1.165) is 44.9 Å². The second-order valence-corrected chi connectivity index (χ2v) is 10.4. The minimum absolute atomic E-state index is 0.0138. The van der Waals surface area contributed by atoms with Crippen molar-refractivity contribution in [1.82, 2.24) is 25.7 Å². The van der Waals surface area contributed by atoms with Crippen LogP contribution in [-0.2, 0) is 4.79 Å². The zero-order valence-corrected chi connectivity index (χ0v) is 20.4. The molecule has 5 rings (SSSR count). The van der Waals surface area contributed by atoms with Crippen LogP contribution >= 0.6 is 0 Å². The molecule has 1 aromatic heterocycles. The topological polar surface area (TPSA) is 115 Å². The number of aliphatic hydroxyl groups excluding tert-OH is 1. The second-order valence-electron chi connectivity index (χ2n) is 10.4. The van der Waals surface area contributed by atoms with Crippen LogP contribution in [0.1, 0.15) is 64.2 Å². The fourth-order valence-electron chi connectivity index (χ4n) is 6.34. The quantitative estimate of drug-likeness (QED) is 0.469. The van der Waals surface area contributed by atoms with Crippen LogP contribution in [0.3, 0.4) is 0 Å². The average molecular weight is 474 g/mol. The van der Waals surface area contributed by atoms with Gasteiger partial charge in [-0.15, -0.1) is 0 Å². The molecule has 0 radical (unpaired) electrons. The lowest BCUT2D eigenvalue weighted by atomic mass is 9.80. The Bertz CT molecular complexity index is 851. The number of rotatable bonds is 7. The lowest BCUT2D eigenvalue weighted by Gasteiger charge is -2.51. The van der Waals surface area contributed by atoms with Gasteiger partial charge in [-0.2, -0.15) is 9.97 Å². The number of piperidine rings is 2. The molecule has 4 N–H and O–H groups in total. The van der Waals surface area contributed by atoms with E-state index in [-0.39, 0.29) is 30.8 Å². The molecule has 34 heavy (non-hydrogen) atoms. The van der Waals surface area contributed by atoms with Gasteiger partial charge in [-0.05, 0) is 44.9 Å². The van der Waals surface area contributed by atoms with E-state index in [1.54, 1.807) is 13.2 Å². The highest BCUT2D eigenvalue weighted by Crippen LogP contribution is 2.39.